The van der Waals surface area contributed by atoms with Gasteiger partial charge < -0.3 is 20.1 Å². The van der Waals surface area contributed by atoms with Crippen LogP contribution in [-0.4, -0.2) is 55.6 Å². The first-order valence-electron chi connectivity index (χ1n) is 10.8. The van der Waals surface area contributed by atoms with Gasteiger partial charge in [-0.1, -0.05) is 0 Å². The van der Waals surface area contributed by atoms with Gasteiger partial charge >= 0.3 is 6.09 Å². The quantitative estimate of drug-likeness (QED) is 0.494. The highest BCUT2D eigenvalue weighted by molar-refractivity contribution is 5.69. The SMILES string of the molecule is COCc1cn2c(Nc3cc([C@@H]4CC[C@H](OC(=O)NC5(C)CC5)[C@H]4F)[nH]n3)ncc(F)c2n1. The zero-order valence-electron chi connectivity index (χ0n) is 18.3. The van der Waals surface area contributed by atoms with Gasteiger partial charge in [0.2, 0.25) is 5.95 Å². The molecule has 2 aliphatic rings. The number of fused-ring (bicyclic) bond motifs is 1. The molecule has 3 aromatic rings. The molecule has 3 heterocycles. The molecule has 0 saturated heterocycles. The molecule has 0 spiro atoms. The summed E-state index contributed by atoms with van der Waals surface area (Å²) >= 11 is 0. The van der Waals surface area contributed by atoms with Crippen molar-refractivity contribution >= 4 is 23.5 Å². The number of halogens is 2. The highest BCUT2D eigenvalue weighted by atomic mass is 19.1. The summed E-state index contributed by atoms with van der Waals surface area (Å²) in [5, 5.41) is 12.8. The second kappa shape index (κ2) is 8.25. The summed E-state index contributed by atoms with van der Waals surface area (Å²) in [7, 11) is 1.53. The Hall–Kier alpha value is -3.28. The minimum atomic E-state index is -1.35. The average Bonchev–Trinajstić information content (AvgIpc) is 3.15. The highest BCUT2D eigenvalue weighted by Crippen LogP contribution is 2.39. The molecule has 0 aromatic carbocycles. The Morgan fingerprint density at radius 2 is 2.21 bits per heavy atom. The maximum atomic E-state index is 15.1. The van der Waals surface area contributed by atoms with Gasteiger partial charge in [-0.15, -0.1) is 0 Å². The van der Waals surface area contributed by atoms with Gasteiger partial charge in [-0.2, -0.15) is 5.10 Å². The Kier molecular flexibility index (Phi) is 5.39. The van der Waals surface area contributed by atoms with Crippen molar-refractivity contribution in [2.45, 2.75) is 62.9 Å². The number of carbonyl (C=O) groups excluding carboxylic acids is 1. The van der Waals surface area contributed by atoms with Crippen molar-refractivity contribution in [2.75, 3.05) is 12.4 Å². The lowest BCUT2D eigenvalue weighted by molar-refractivity contribution is 0.0546. The number of nitrogens with zero attached hydrogens (tertiary/aromatic N) is 4. The largest absolute Gasteiger partial charge is 0.443 e. The predicted octanol–water partition coefficient (Wildman–Crippen LogP) is 3.34. The molecule has 3 aromatic heterocycles. The summed E-state index contributed by atoms with van der Waals surface area (Å²) in [4.78, 5) is 20.3. The van der Waals surface area contributed by atoms with E-state index in [4.69, 9.17) is 9.47 Å². The number of nitrogens with one attached hydrogen (secondary N) is 3. The summed E-state index contributed by atoms with van der Waals surface area (Å²) in [5.74, 6) is -0.356. The number of H-pyrrole nitrogens is 1. The van der Waals surface area contributed by atoms with Gasteiger partial charge in [-0.3, -0.25) is 9.50 Å². The zero-order valence-corrected chi connectivity index (χ0v) is 18.3. The van der Waals surface area contributed by atoms with Crippen molar-refractivity contribution in [2.24, 2.45) is 0 Å². The molecule has 3 N–H and O–H groups in total. The summed E-state index contributed by atoms with van der Waals surface area (Å²) in [6.45, 7) is 2.16. The van der Waals surface area contributed by atoms with Gasteiger partial charge in [-0.25, -0.2) is 23.5 Å². The van der Waals surface area contributed by atoms with Gasteiger partial charge in [0.25, 0.3) is 0 Å². The van der Waals surface area contributed by atoms with Crippen molar-refractivity contribution in [1.29, 1.82) is 0 Å². The number of carbonyl (C=O) groups is 1. The van der Waals surface area contributed by atoms with Gasteiger partial charge in [0.1, 0.15) is 12.3 Å². The van der Waals surface area contributed by atoms with E-state index in [0.29, 0.717) is 36.0 Å². The first kappa shape index (κ1) is 21.6. The number of rotatable bonds is 7. The molecule has 2 fully saturated rings. The van der Waals surface area contributed by atoms with Crippen LogP contribution in [-0.2, 0) is 16.1 Å². The van der Waals surface area contributed by atoms with Crippen molar-refractivity contribution in [1.82, 2.24) is 29.9 Å². The van der Waals surface area contributed by atoms with Crippen LogP contribution in [0.5, 0.6) is 0 Å². The van der Waals surface area contributed by atoms with Crippen molar-refractivity contribution in [3.05, 3.63) is 35.7 Å². The number of alkyl halides is 1. The monoisotopic (exact) mass is 461 g/mol. The molecule has 3 atom stereocenters. The molecule has 33 heavy (non-hydrogen) atoms. The van der Waals surface area contributed by atoms with E-state index in [1.807, 2.05) is 6.92 Å². The van der Waals surface area contributed by atoms with Crippen LogP contribution in [0.4, 0.5) is 25.3 Å². The summed E-state index contributed by atoms with van der Waals surface area (Å²) in [6.07, 6.45) is 2.70. The lowest BCUT2D eigenvalue weighted by Gasteiger charge is -2.19. The fraction of sp³-hybridized carbons (Fsp3) is 0.524. The topological polar surface area (TPSA) is 118 Å². The number of aromatic nitrogens is 5. The third kappa shape index (κ3) is 4.34. The number of anilines is 2. The minimum absolute atomic E-state index is 0.105. The van der Waals surface area contributed by atoms with Crippen LogP contribution in [0.2, 0.25) is 0 Å². The zero-order chi connectivity index (χ0) is 23.2. The molecular formula is C21H25F2N7O3. The highest BCUT2D eigenvalue weighted by Gasteiger charge is 2.43. The second-order valence-corrected chi connectivity index (χ2v) is 8.88. The Morgan fingerprint density at radius 1 is 1.39 bits per heavy atom. The van der Waals surface area contributed by atoms with Crippen LogP contribution in [0, 0.1) is 5.82 Å². The maximum absolute atomic E-state index is 15.1. The molecule has 2 saturated carbocycles. The number of aromatic amines is 1. The molecule has 0 unspecified atom stereocenters. The van der Waals surface area contributed by atoms with Crippen LogP contribution in [0.1, 0.15) is 49.9 Å². The smallest absolute Gasteiger partial charge is 0.407 e. The van der Waals surface area contributed by atoms with Gasteiger partial charge in [0.15, 0.2) is 17.3 Å². The first-order chi connectivity index (χ1) is 15.8. The van der Waals surface area contributed by atoms with Crippen molar-refractivity contribution in [3.8, 4) is 0 Å². The van der Waals surface area contributed by atoms with Gasteiger partial charge in [0.05, 0.1) is 18.5 Å². The fourth-order valence-corrected chi connectivity index (χ4v) is 4.11. The standard InChI is InChI=1S/C21H25F2N7O3/c1-21(5-6-21)27-20(31)33-15-4-3-12(17(15)23)14-7-16(29-28-14)26-19-24-8-13(22)18-25-11(10-32-2)9-30(18)19/h7-9,12,15,17H,3-6,10H2,1-2H3,(H,27,31)(H2,24,26,28,29)/t12-,15-,17-/m0/s1. The average molecular weight is 461 g/mol. The van der Waals surface area contributed by atoms with E-state index in [9.17, 15) is 9.18 Å². The Morgan fingerprint density at radius 3 is 2.97 bits per heavy atom. The molecule has 2 aliphatic carbocycles. The molecule has 12 heteroatoms. The normalized spacial score (nSPS) is 23.6. The number of imidazole rings is 1. The van der Waals surface area contributed by atoms with Crippen LogP contribution >= 0.6 is 0 Å². The summed E-state index contributed by atoms with van der Waals surface area (Å²) in [6, 6.07) is 1.68. The van der Waals surface area contributed by atoms with Crippen LogP contribution in [0.25, 0.3) is 5.65 Å². The van der Waals surface area contributed by atoms with E-state index >= 15 is 4.39 Å². The molecule has 5 rings (SSSR count). The van der Waals surface area contributed by atoms with E-state index < -0.39 is 30.1 Å². The number of hydrogen-bond acceptors (Lipinski definition) is 7. The number of amides is 1. The maximum Gasteiger partial charge on any atom is 0.407 e. The number of ether oxygens (including phenoxy) is 2. The number of methoxy groups -OCH3 is 1. The van der Waals surface area contributed by atoms with Crippen LogP contribution in [0.3, 0.4) is 0 Å². The van der Waals surface area contributed by atoms with Crippen molar-refractivity contribution in [3.63, 3.8) is 0 Å². The van der Waals surface area contributed by atoms with E-state index in [1.165, 1.54) is 11.5 Å². The Bertz CT molecular complexity index is 1180. The van der Waals surface area contributed by atoms with E-state index in [-0.39, 0.29) is 17.8 Å². The molecular weight excluding hydrogens is 436 g/mol. The van der Waals surface area contributed by atoms with E-state index in [0.717, 1.165) is 19.0 Å². The molecule has 0 aliphatic heterocycles. The molecule has 176 valence electrons. The molecule has 0 radical (unpaired) electrons. The van der Waals surface area contributed by atoms with E-state index in [2.05, 4.69) is 30.8 Å². The first-order valence-corrected chi connectivity index (χ1v) is 10.8. The fourth-order valence-electron chi connectivity index (χ4n) is 4.11. The lowest BCUT2D eigenvalue weighted by Crippen LogP contribution is -2.38. The molecule has 0 bridgehead atoms. The number of hydrogen-bond donors (Lipinski definition) is 3. The summed E-state index contributed by atoms with van der Waals surface area (Å²) < 4.78 is 41.0. The number of alkyl carbamates (subject to hydrolysis) is 1. The Balaban J connectivity index is 1.27. The summed E-state index contributed by atoms with van der Waals surface area (Å²) in [5.41, 5.74) is 1.01. The van der Waals surface area contributed by atoms with Crippen LogP contribution < -0.4 is 10.6 Å². The second-order valence-electron chi connectivity index (χ2n) is 8.88. The van der Waals surface area contributed by atoms with Crippen molar-refractivity contribution < 1.29 is 23.0 Å². The Labute approximate surface area is 188 Å². The lowest BCUT2D eigenvalue weighted by atomic mass is 10.0. The third-order valence-corrected chi connectivity index (χ3v) is 6.19. The minimum Gasteiger partial charge on any atom is -0.443 e. The van der Waals surface area contributed by atoms with Gasteiger partial charge in [0, 0.05) is 36.5 Å². The molecule has 1 amide bonds. The van der Waals surface area contributed by atoms with Crippen LogP contribution in [0.15, 0.2) is 18.5 Å². The third-order valence-electron chi connectivity index (χ3n) is 6.19. The van der Waals surface area contributed by atoms with Gasteiger partial charge in [-0.05, 0) is 32.6 Å². The predicted molar refractivity (Wildman–Crippen MR) is 113 cm³/mol. The molecule has 10 nitrogen and oxygen atoms in total. The van der Waals surface area contributed by atoms with E-state index in [1.54, 1.807) is 12.3 Å².